The summed E-state index contributed by atoms with van der Waals surface area (Å²) in [5.41, 5.74) is 1.65. The molecule has 5 nitrogen and oxygen atoms in total. The number of aryl methyl sites for hydroxylation is 1. The van der Waals surface area contributed by atoms with Gasteiger partial charge in [0.05, 0.1) is 11.1 Å². The van der Waals surface area contributed by atoms with Gasteiger partial charge in [0.25, 0.3) is 0 Å². The Labute approximate surface area is 154 Å². The van der Waals surface area contributed by atoms with E-state index in [2.05, 4.69) is 9.82 Å². The van der Waals surface area contributed by atoms with Crippen LogP contribution in [0.1, 0.15) is 11.1 Å². The van der Waals surface area contributed by atoms with Crippen LogP contribution in [0.3, 0.4) is 0 Å². The van der Waals surface area contributed by atoms with Crippen LogP contribution in [0.5, 0.6) is 0 Å². The van der Waals surface area contributed by atoms with Crippen molar-refractivity contribution in [2.75, 3.05) is 7.05 Å². The molecular formula is C18H16F3N3O2S. The van der Waals surface area contributed by atoms with Gasteiger partial charge in [-0.25, -0.2) is 13.1 Å². The van der Waals surface area contributed by atoms with Gasteiger partial charge >= 0.3 is 6.18 Å². The van der Waals surface area contributed by atoms with Gasteiger partial charge in [-0.2, -0.15) is 18.3 Å². The van der Waals surface area contributed by atoms with Crippen molar-refractivity contribution in [2.24, 2.45) is 7.05 Å². The number of sulfonamides is 1. The van der Waals surface area contributed by atoms with E-state index in [1.807, 2.05) is 0 Å². The maximum Gasteiger partial charge on any atom is 0.416 e. The third-order valence-electron chi connectivity index (χ3n) is 4.01. The van der Waals surface area contributed by atoms with E-state index < -0.39 is 21.8 Å². The Bertz CT molecular complexity index is 1120. The van der Waals surface area contributed by atoms with Crippen molar-refractivity contribution in [3.05, 3.63) is 59.1 Å². The lowest BCUT2D eigenvalue weighted by Gasteiger charge is -2.09. The highest BCUT2D eigenvalue weighted by Crippen LogP contribution is 2.32. The standard InChI is InChI=1S/C18H16F3N3O2S/c1-22-27(25,26)8-7-13-9-14(10-15-11-24(2)23-17(13)15)12-3-5-16(6-4-12)18(19,20)21/h3-11,22H,1-2H3/b8-7+. The normalized spacial score (nSPS) is 12.9. The molecule has 3 rings (SSSR count). The molecule has 0 aliphatic heterocycles. The van der Waals surface area contributed by atoms with Crippen molar-refractivity contribution in [1.29, 1.82) is 0 Å². The summed E-state index contributed by atoms with van der Waals surface area (Å²) in [6.07, 6.45) is -1.23. The lowest BCUT2D eigenvalue weighted by molar-refractivity contribution is -0.137. The topological polar surface area (TPSA) is 64.0 Å². The van der Waals surface area contributed by atoms with E-state index >= 15 is 0 Å². The Hall–Kier alpha value is -2.65. The Kier molecular flexibility index (Phi) is 4.83. The maximum absolute atomic E-state index is 12.8. The second-order valence-corrected chi connectivity index (χ2v) is 7.70. The number of fused-ring (bicyclic) bond motifs is 1. The van der Waals surface area contributed by atoms with Crippen molar-refractivity contribution in [3.8, 4) is 11.1 Å². The van der Waals surface area contributed by atoms with Crippen LogP contribution >= 0.6 is 0 Å². The molecule has 27 heavy (non-hydrogen) atoms. The fourth-order valence-corrected chi connectivity index (χ4v) is 3.12. The third kappa shape index (κ3) is 4.20. The molecule has 1 heterocycles. The van der Waals surface area contributed by atoms with Gasteiger partial charge in [-0.3, -0.25) is 4.68 Å². The summed E-state index contributed by atoms with van der Waals surface area (Å²) in [7, 11) is -0.537. The van der Waals surface area contributed by atoms with E-state index in [1.54, 1.807) is 30.1 Å². The highest BCUT2D eigenvalue weighted by molar-refractivity contribution is 7.92. The van der Waals surface area contributed by atoms with Crippen LogP contribution in [-0.2, 0) is 23.2 Å². The number of hydrogen-bond acceptors (Lipinski definition) is 3. The second-order valence-electron chi connectivity index (χ2n) is 5.93. The second kappa shape index (κ2) is 6.82. The highest BCUT2D eigenvalue weighted by Gasteiger charge is 2.30. The maximum atomic E-state index is 12.8. The summed E-state index contributed by atoms with van der Waals surface area (Å²) in [4.78, 5) is 0. The lowest BCUT2D eigenvalue weighted by atomic mass is 9.99. The summed E-state index contributed by atoms with van der Waals surface area (Å²) in [5, 5.41) is 6.09. The number of benzene rings is 2. The van der Waals surface area contributed by atoms with Crippen LogP contribution in [0.25, 0.3) is 28.1 Å². The first-order valence-corrected chi connectivity index (χ1v) is 9.40. The third-order valence-corrected chi connectivity index (χ3v) is 5.07. The van der Waals surface area contributed by atoms with E-state index in [1.165, 1.54) is 25.3 Å². The van der Waals surface area contributed by atoms with Crippen molar-refractivity contribution in [2.45, 2.75) is 6.18 Å². The van der Waals surface area contributed by atoms with Gasteiger partial charge in [-0.05, 0) is 48.5 Å². The Morgan fingerprint density at radius 2 is 1.78 bits per heavy atom. The molecule has 2 aromatic carbocycles. The van der Waals surface area contributed by atoms with Gasteiger partial charge in [0.1, 0.15) is 0 Å². The smallest absolute Gasteiger partial charge is 0.275 e. The molecule has 0 aliphatic carbocycles. The first-order valence-electron chi connectivity index (χ1n) is 7.86. The molecule has 0 spiro atoms. The molecular weight excluding hydrogens is 379 g/mol. The number of nitrogens with one attached hydrogen (secondary N) is 1. The van der Waals surface area contributed by atoms with Gasteiger partial charge in [-0.15, -0.1) is 0 Å². The first-order chi connectivity index (χ1) is 12.6. The van der Waals surface area contributed by atoms with Crippen molar-refractivity contribution in [1.82, 2.24) is 14.5 Å². The van der Waals surface area contributed by atoms with E-state index in [0.29, 0.717) is 22.2 Å². The molecule has 0 aliphatic rings. The number of halogens is 3. The van der Waals surface area contributed by atoms with Gasteiger partial charge in [0.2, 0.25) is 10.0 Å². The summed E-state index contributed by atoms with van der Waals surface area (Å²) in [6.45, 7) is 0. The fraction of sp³-hybridized carbons (Fsp3) is 0.167. The van der Waals surface area contributed by atoms with Crippen molar-refractivity contribution >= 4 is 27.0 Å². The average molecular weight is 395 g/mol. The summed E-state index contributed by atoms with van der Waals surface area (Å²) < 4.78 is 65.4. The van der Waals surface area contributed by atoms with Crippen LogP contribution in [-0.4, -0.2) is 25.2 Å². The molecule has 0 saturated carbocycles. The zero-order valence-corrected chi connectivity index (χ0v) is 15.3. The summed E-state index contributed by atoms with van der Waals surface area (Å²) >= 11 is 0. The van der Waals surface area contributed by atoms with E-state index in [4.69, 9.17) is 0 Å². The summed E-state index contributed by atoms with van der Waals surface area (Å²) in [6, 6.07) is 8.30. The quantitative estimate of drug-likeness (QED) is 0.731. The van der Waals surface area contributed by atoms with Crippen LogP contribution in [0.4, 0.5) is 13.2 Å². The molecule has 142 valence electrons. The highest BCUT2D eigenvalue weighted by atomic mass is 32.2. The zero-order valence-electron chi connectivity index (χ0n) is 14.4. The van der Waals surface area contributed by atoms with Gasteiger partial charge in [0.15, 0.2) is 0 Å². The predicted molar refractivity (Wildman–Crippen MR) is 98.2 cm³/mol. The average Bonchev–Trinajstić information content (AvgIpc) is 2.99. The molecule has 3 aromatic rings. The van der Waals surface area contributed by atoms with Gasteiger partial charge in [-0.1, -0.05) is 12.1 Å². The lowest BCUT2D eigenvalue weighted by Crippen LogP contribution is -2.14. The Morgan fingerprint density at radius 1 is 1.11 bits per heavy atom. The molecule has 9 heteroatoms. The van der Waals surface area contributed by atoms with E-state index in [-0.39, 0.29) is 0 Å². The van der Waals surface area contributed by atoms with Crippen LogP contribution < -0.4 is 4.72 Å². The molecule has 0 amide bonds. The predicted octanol–water partition coefficient (Wildman–Crippen LogP) is 3.78. The van der Waals surface area contributed by atoms with Crippen molar-refractivity contribution in [3.63, 3.8) is 0 Å². The minimum atomic E-state index is -4.40. The first kappa shape index (κ1) is 19.1. The van der Waals surface area contributed by atoms with Crippen LogP contribution in [0.15, 0.2) is 48.0 Å². The van der Waals surface area contributed by atoms with Crippen LogP contribution in [0, 0.1) is 0 Å². The number of rotatable bonds is 4. The van der Waals surface area contributed by atoms with E-state index in [0.717, 1.165) is 22.9 Å². The zero-order chi connectivity index (χ0) is 19.8. The summed E-state index contributed by atoms with van der Waals surface area (Å²) in [5.74, 6) is 0. The number of alkyl halides is 3. The monoisotopic (exact) mass is 395 g/mol. The fourth-order valence-electron chi connectivity index (χ4n) is 2.66. The minimum Gasteiger partial charge on any atom is -0.275 e. The molecule has 0 radical (unpaired) electrons. The van der Waals surface area contributed by atoms with Gasteiger partial charge in [0, 0.05) is 29.6 Å². The SMILES string of the molecule is CNS(=O)(=O)/C=C/c1cc(-c2ccc(C(F)(F)F)cc2)cc2cn(C)nc12. The number of aromatic nitrogens is 2. The number of nitrogens with zero attached hydrogens (tertiary/aromatic N) is 2. The van der Waals surface area contributed by atoms with Crippen molar-refractivity contribution < 1.29 is 21.6 Å². The molecule has 0 fully saturated rings. The minimum absolute atomic E-state index is 0.543. The molecule has 1 aromatic heterocycles. The molecule has 1 N–H and O–H groups in total. The Morgan fingerprint density at radius 3 is 2.37 bits per heavy atom. The molecule has 0 unspecified atom stereocenters. The number of hydrogen-bond donors (Lipinski definition) is 1. The Balaban J connectivity index is 2.12. The molecule has 0 atom stereocenters. The largest absolute Gasteiger partial charge is 0.416 e. The van der Waals surface area contributed by atoms with E-state index in [9.17, 15) is 21.6 Å². The molecule has 0 bridgehead atoms. The molecule has 0 saturated heterocycles. The van der Waals surface area contributed by atoms with Gasteiger partial charge < -0.3 is 0 Å². The van der Waals surface area contributed by atoms with Crippen LogP contribution in [0.2, 0.25) is 0 Å².